The molecule has 5 heteroatoms. The van der Waals surface area contributed by atoms with Crippen molar-refractivity contribution < 1.29 is 18.7 Å². The summed E-state index contributed by atoms with van der Waals surface area (Å²) in [6.45, 7) is 0.322. The zero-order valence-electron chi connectivity index (χ0n) is 9.20. The normalized spacial score (nSPS) is 19.7. The van der Waals surface area contributed by atoms with Crippen molar-refractivity contribution in [1.29, 1.82) is 0 Å². The van der Waals surface area contributed by atoms with Crippen LogP contribution in [0.3, 0.4) is 0 Å². The van der Waals surface area contributed by atoms with Crippen molar-refractivity contribution in [2.45, 2.75) is 18.9 Å². The maximum Gasteiger partial charge on any atom is 0.257 e. The van der Waals surface area contributed by atoms with Crippen molar-refractivity contribution >= 4 is 5.91 Å². The molecule has 1 N–H and O–H groups in total. The molecule has 0 spiro atoms. The molecule has 1 amide bonds. The number of likely N-dealkylation sites (tertiary alicyclic amines) is 1. The maximum atomic E-state index is 13.4. The Hall–Kier alpha value is -1.49. The van der Waals surface area contributed by atoms with Gasteiger partial charge in [-0.25, -0.2) is 8.78 Å². The van der Waals surface area contributed by atoms with Crippen molar-refractivity contribution in [2.75, 3.05) is 13.2 Å². The number of halogens is 2. The molecule has 1 atom stereocenters. The van der Waals surface area contributed by atoms with E-state index in [0.29, 0.717) is 13.0 Å². The van der Waals surface area contributed by atoms with Crippen molar-refractivity contribution in [3.63, 3.8) is 0 Å². The van der Waals surface area contributed by atoms with E-state index < -0.39 is 17.5 Å². The number of nitrogens with zero attached hydrogens (tertiary/aromatic N) is 1. The lowest BCUT2D eigenvalue weighted by atomic mass is 10.1. The van der Waals surface area contributed by atoms with Crippen LogP contribution in [0, 0.1) is 11.6 Å². The molecule has 0 bridgehead atoms. The minimum atomic E-state index is -0.736. The summed E-state index contributed by atoms with van der Waals surface area (Å²) in [6.07, 6.45) is 1.47. The van der Waals surface area contributed by atoms with Gasteiger partial charge in [-0.3, -0.25) is 4.79 Å². The van der Waals surface area contributed by atoms with Gasteiger partial charge in [0, 0.05) is 6.54 Å². The number of aliphatic hydroxyl groups excluding tert-OH is 1. The van der Waals surface area contributed by atoms with Gasteiger partial charge < -0.3 is 10.0 Å². The van der Waals surface area contributed by atoms with Gasteiger partial charge in [0.2, 0.25) is 0 Å². The molecule has 1 saturated heterocycles. The van der Waals surface area contributed by atoms with E-state index in [1.54, 1.807) is 0 Å². The SMILES string of the molecule is O=C(c1cc(F)ccc1F)N1CCC[C@@H]1CO. The first-order chi connectivity index (χ1) is 8.13. The van der Waals surface area contributed by atoms with E-state index in [4.69, 9.17) is 5.11 Å². The number of benzene rings is 1. The Kier molecular flexibility index (Phi) is 3.38. The lowest BCUT2D eigenvalue weighted by Gasteiger charge is -2.23. The van der Waals surface area contributed by atoms with Gasteiger partial charge in [0.15, 0.2) is 0 Å². The molecular weight excluding hydrogens is 228 g/mol. The summed E-state index contributed by atoms with van der Waals surface area (Å²) in [5, 5.41) is 9.09. The second kappa shape index (κ2) is 4.79. The highest BCUT2D eigenvalue weighted by Gasteiger charge is 2.30. The largest absolute Gasteiger partial charge is 0.394 e. The van der Waals surface area contributed by atoms with Crippen molar-refractivity contribution in [2.24, 2.45) is 0 Å². The molecule has 1 aromatic rings. The topological polar surface area (TPSA) is 40.5 Å². The van der Waals surface area contributed by atoms with Crippen LogP contribution in [0.2, 0.25) is 0 Å². The highest BCUT2D eigenvalue weighted by atomic mass is 19.1. The molecule has 1 fully saturated rings. The van der Waals surface area contributed by atoms with Crippen molar-refractivity contribution in [3.05, 3.63) is 35.4 Å². The van der Waals surface area contributed by atoms with Gasteiger partial charge in [-0.1, -0.05) is 0 Å². The highest BCUT2D eigenvalue weighted by molar-refractivity contribution is 5.94. The average Bonchev–Trinajstić information content (AvgIpc) is 2.79. The number of rotatable bonds is 2. The van der Waals surface area contributed by atoms with Crippen LogP contribution in [-0.4, -0.2) is 35.1 Å². The van der Waals surface area contributed by atoms with Crippen molar-refractivity contribution in [3.8, 4) is 0 Å². The first kappa shape index (κ1) is 12.0. The fraction of sp³-hybridized carbons (Fsp3) is 0.417. The van der Waals surface area contributed by atoms with Crippen LogP contribution in [0.4, 0.5) is 8.78 Å². The van der Waals surface area contributed by atoms with Crippen LogP contribution < -0.4 is 0 Å². The summed E-state index contributed by atoms with van der Waals surface area (Å²) in [5.41, 5.74) is -0.273. The Balaban J connectivity index is 2.27. The molecule has 1 aromatic carbocycles. The van der Waals surface area contributed by atoms with Crippen molar-refractivity contribution in [1.82, 2.24) is 4.90 Å². The quantitative estimate of drug-likeness (QED) is 0.853. The molecule has 1 aliphatic heterocycles. The molecule has 92 valence electrons. The Bertz CT molecular complexity index is 437. The van der Waals surface area contributed by atoms with Crippen LogP contribution in [0.25, 0.3) is 0 Å². The number of hydrogen-bond donors (Lipinski definition) is 1. The van der Waals surface area contributed by atoms with Crippen LogP contribution in [0.15, 0.2) is 18.2 Å². The second-order valence-electron chi connectivity index (χ2n) is 4.10. The van der Waals surface area contributed by atoms with E-state index in [1.165, 1.54) is 4.90 Å². The van der Waals surface area contributed by atoms with Gasteiger partial charge >= 0.3 is 0 Å². The summed E-state index contributed by atoms with van der Waals surface area (Å²) >= 11 is 0. The van der Waals surface area contributed by atoms with E-state index in [9.17, 15) is 13.6 Å². The summed E-state index contributed by atoms with van der Waals surface area (Å²) in [4.78, 5) is 13.4. The number of aliphatic hydroxyl groups is 1. The number of amides is 1. The minimum absolute atomic E-state index is 0.150. The highest BCUT2D eigenvalue weighted by Crippen LogP contribution is 2.21. The van der Waals surface area contributed by atoms with Gasteiger partial charge in [0.25, 0.3) is 5.91 Å². The summed E-state index contributed by atoms with van der Waals surface area (Å²) in [5.74, 6) is -1.94. The third-order valence-corrected chi connectivity index (χ3v) is 3.01. The minimum Gasteiger partial charge on any atom is -0.394 e. The molecule has 0 unspecified atom stereocenters. The predicted octanol–water partition coefficient (Wildman–Crippen LogP) is 1.56. The van der Waals surface area contributed by atoms with Crippen LogP contribution in [0.5, 0.6) is 0 Å². The number of hydrogen-bond acceptors (Lipinski definition) is 2. The first-order valence-corrected chi connectivity index (χ1v) is 5.50. The van der Waals surface area contributed by atoms with Gasteiger partial charge in [-0.15, -0.1) is 0 Å². The van der Waals surface area contributed by atoms with Crippen LogP contribution >= 0.6 is 0 Å². The Morgan fingerprint density at radius 2 is 2.24 bits per heavy atom. The lowest BCUT2D eigenvalue weighted by Crippen LogP contribution is -2.38. The van der Waals surface area contributed by atoms with E-state index in [0.717, 1.165) is 24.6 Å². The molecule has 3 nitrogen and oxygen atoms in total. The molecule has 1 heterocycles. The molecule has 0 aromatic heterocycles. The summed E-state index contributed by atoms with van der Waals surface area (Å²) in [7, 11) is 0. The maximum absolute atomic E-state index is 13.4. The number of carbonyl (C=O) groups is 1. The lowest BCUT2D eigenvalue weighted by molar-refractivity contribution is 0.0672. The van der Waals surface area contributed by atoms with Gasteiger partial charge in [0.05, 0.1) is 18.2 Å². The molecule has 0 aliphatic carbocycles. The Labute approximate surface area is 97.7 Å². The summed E-state index contributed by atoms with van der Waals surface area (Å²) < 4.78 is 26.4. The molecule has 0 saturated carbocycles. The van der Waals surface area contributed by atoms with Crippen LogP contribution in [0.1, 0.15) is 23.2 Å². The van der Waals surface area contributed by atoms with Gasteiger partial charge in [0.1, 0.15) is 11.6 Å². The third kappa shape index (κ3) is 2.29. The molecule has 17 heavy (non-hydrogen) atoms. The van der Waals surface area contributed by atoms with Gasteiger partial charge in [-0.05, 0) is 31.0 Å². The first-order valence-electron chi connectivity index (χ1n) is 5.50. The zero-order valence-corrected chi connectivity index (χ0v) is 9.20. The van der Waals surface area contributed by atoms with E-state index >= 15 is 0 Å². The third-order valence-electron chi connectivity index (χ3n) is 3.01. The van der Waals surface area contributed by atoms with E-state index in [-0.39, 0.29) is 18.2 Å². The fourth-order valence-corrected chi connectivity index (χ4v) is 2.11. The smallest absolute Gasteiger partial charge is 0.257 e. The second-order valence-corrected chi connectivity index (χ2v) is 4.10. The standard InChI is InChI=1S/C12H13F2NO2/c13-8-3-4-11(14)10(6-8)12(17)15-5-1-2-9(15)7-16/h3-4,6,9,16H,1-2,5,7H2/t9-/m1/s1. The van der Waals surface area contributed by atoms with Gasteiger partial charge in [-0.2, -0.15) is 0 Å². The predicted molar refractivity (Wildman–Crippen MR) is 57.5 cm³/mol. The molecule has 1 aliphatic rings. The van der Waals surface area contributed by atoms with E-state index in [1.807, 2.05) is 0 Å². The molecule has 2 rings (SSSR count). The fourth-order valence-electron chi connectivity index (χ4n) is 2.11. The number of carbonyl (C=O) groups excluding carboxylic acids is 1. The Morgan fingerprint density at radius 1 is 1.47 bits per heavy atom. The summed E-state index contributed by atoms with van der Waals surface area (Å²) in [6, 6.07) is 2.52. The average molecular weight is 241 g/mol. The van der Waals surface area contributed by atoms with E-state index in [2.05, 4.69) is 0 Å². The monoisotopic (exact) mass is 241 g/mol. The Morgan fingerprint density at radius 3 is 2.94 bits per heavy atom. The molecular formula is C12H13F2NO2. The zero-order chi connectivity index (χ0) is 12.4. The van der Waals surface area contributed by atoms with Crippen LogP contribution in [-0.2, 0) is 0 Å². The molecule has 0 radical (unpaired) electrons.